The van der Waals surface area contributed by atoms with Crippen molar-refractivity contribution in [1.29, 1.82) is 0 Å². The SMILES string of the molecule is CCO[C@@H]1C[C@H]2C(=O)NC3(CC(C)(C)C3)C(=O)N(C)[C@@H](C3CCCC3)C(=O)N(C)[C@H](C(=O)N3CCCCC3)CC(=O)N(C)[C@H]3CCCCCc4ccc(cc4)C[C@@H](C(=O)N(C)CC(=O)N[C@@H](CCc4ccc(C(F)(F)F)c(OC)c4)C(=O)N2C1)N1CC/C=C\C[C@@H](C1=O)N(C)C(=O)CN(C)C(=O)[C@H]([C@@H](C)CC)NC3=O. The quantitative estimate of drug-likeness (QED) is 0.180. The van der Waals surface area contributed by atoms with E-state index in [2.05, 4.69) is 16.0 Å². The molecule has 0 radical (unpaired) electrons. The third kappa shape index (κ3) is 20.2. The minimum atomic E-state index is -4.78. The van der Waals surface area contributed by atoms with Crippen molar-refractivity contribution in [2.24, 2.45) is 17.3 Å². The van der Waals surface area contributed by atoms with Gasteiger partial charge in [0.25, 0.3) is 0 Å². The number of alkyl halides is 3. The van der Waals surface area contributed by atoms with Crippen molar-refractivity contribution in [1.82, 2.24) is 60.0 Å². The van der Waals surface area contributed by atoms with E-state index in [1.165, 1.54) is 88.7 Å². The number of nitrogens with one attached hydrogen (secondary N) is 3. The maximum Gasteiger partial charge on any atom is 0.419 e. The second-order valence-corrected chi connectivity index (χ2v) is 32.5. The van der Waals surface area contributed by atoms with E-state index in [1.54, 1.807) is 24.8 Å². The van der Waals surface area contributed by atoms with Crippen molar-refractivity contribution in [3.63, 3.8) is 0 Å². The minimum Gasteiger partial charge on any atom is -0.496 e. The number of methoxy groups -OCH3 is 1. The molecule has 606 valence electrons. The van der Waals surface area contributed by atoms with Crippen LogP contribution in [0.2, 0.25) is 0 Å². The molecule has 3 N–H and O–H groups in total. The van der Waals surface area contributed by atoms with Crippen LogP contribution in [-0.2, 0) is 87.7 Å². The summed E-state index contributed by atoms with van der Waals surface area (Å²) in [5, 5.41) is 8.90. The number of amides is 12. The van der Waals surface area contributed by atoms with Crippen LogP contribution in [-0.4, -0.2) is 270 Å². The van der Waals surface area contributed by atoms with Gasteiger partial charge in [0.15, 0.2) is 0 Å². The maximum atomic E-state index is 16.0. The molecule has 0 aromatic heterocycles. The van der Waals surface area contributed by atoms with Crippen molar-refractivity contribution in [3.8, 4) is 5.75 Å². The Morgan fingerprint density at radius 3 is 1.93 bits per heavy atom. The van der Waals surface area contributed by atoms with Crippen molar-refractivity contribution in [3.05, 3.63) is 76.9 Å². The van der Waals surface area contributed by atoms with Gasteiger partial charge in [-0.3, -0.25) is 57.5 Å². The van der Waals surface area contributed by atoms with Crippen LogP contribution in [0.1, 0.15) is 179 Å². The summed E-state index contributed by atoms with van der Waals surface area (Å²) in [6.45, 7) is 8.68. The Kier molecular flexibility index (Phi) is 28.8. The summed E-state index contributed by atoms with van der Waals surface area (Å²) in [6.07, 6.45) is 4.90. The molecule has 1 spiro atoms. The summed E-state index contributed by atoms with van der Waals surface area (Å²) in [5.74, 6) is -9.42. The van der Waals surface area contributed by atoms with Gasteiger partial charge in [0.2, 0.25) is 70.9 Å². The zero-order valence-corrected chi connectivity index (χ0v) is 66.4. The first-order chi connectivity index (χ1) is 52.1. The minimum absolute atomic E-state index is 0.00374. The largest absolute Gasteiger partial charge is 0.496 e. The van der Waals surface area contributed by atoms with Crippen LogP contribution < -0.4 is 20.7 Å². The molecule has 2 aromatic rings. The van der Waals surface area contributed by atoms with Gasteiger partial charge in [-0.25, -0.2) is 0 Å². The standard InChI is InChI=1S/C81H117F3N12O14/c1-13-51(3)68-76(106)89(7)48-67(99)91(9)60-30-20-16-25-41-95(75(60)105)63-42-53-33-31-52(32-34-53)26-18-15-19-29-59(70(100)86-68)90(8)66(98)45-62(74(104)94-39-23-17-24-40-94)92(10)77(107)69(55-27-21-22-28-55)93(11)78(108)80(49-79(4,5)50-80)87-71(101)61-44-56(110-14-2)46-96(61)72(102)58(85-65(97)47-88(6)73(63)103)38-36-54-35-37-57(81(82,83)84)64(43-54)109-12/h16,20,31-35,37,43,51,55-56,58-63,68-69H,13-15,17-19,21-30,36,38-42,44-50H2,1-12H3,(H,85,97)(H,86,100)(H,87,101)/b20-16-/t51-,56+,58-,59-,60-,61-,62-,63-,68-,69-/m0/s1. The fraction of sp³-hybridized carbons (Fsp3) is 0.679. The van der Waals surface area contributed by atoms with Gasteiger partial charge in [0.05, 0.1) is 38.3 Å². The van der Waals surface area contributed by atoms with Crippen LogP contribution in [0, 0.1) is 17.3 Å². The number of halogens is 3. The Morgan fingerprint density at radius 1 is 0.636 bits per heavy atom. The first-order valence-corrected chi connectivity index (χ1v) is 39.6. The number of fused-ring (bicyclic) bond motifs is 22. The number of nitrogens with zero attached hydrogens (tertiary/aromatic N) is 9. The van der Waals surface area contributed by atoms with Crippen LogP contribution in [0.5, 0.6) is 5.75 Å². The van der Waals surface area contributed by atoms with Crippen LogP contribution in [0.25, 0.3) is 0 Å². The van der Waals surface area contributed by atoms with Crippen molar-refractivity contribution in [2.75, 3.05) is 95.3 Å². The molecule has 12 amide bonds. The molecule has 110 heavy (non-hydrogen) atoms. The van der Waals surface area contributed by atoms with Gasteiger partial charge in [-0.1, -0.05) is 102 Å². The van der Waals surface area contributed by atoms with Crippen LogP contribution in [0.3, 0.4) is 0 Å². The topological polar surface area (TPSA) is 289 Å². The van der Waals surface area contributed by atoms with Gasteiger partial charge in [-0.05, 0) is 143 Å². The molecule has 7 heterocycles. The second-order valence-electron chi connectivity index (χ2n) is 32.5. The number of hydrogen-bond acceptors (Lipinski definition) is 14. The number of ether oxygens (including phenoxy) is 2. The van der Waals surface area contributed by atoms with E-state index in [-0.39, 0.29) is 71.1 Å². The fourth-order valence-electron chi connectivity index (χ4n) is 17.6. The lowest BCUT2D eigenvalue weighted by Crippen LogP contribution is -2.71. The lowest BCUT2D eigenvalue weighted by Gasteiger charge is -2.54. The lowest BCUT2D eigenvalue weighted by molar-refractivity contribution is -0.161. The van der Waals surface area contributed by atoms with E-state index in [0.29, 0.717) is 88.4 Å². The Morgan fingerprint density at radius 2 is 1.28 bits per heavy atom. The van der Waals surface area contributed by atoms with E-state index in [9.17, 15) is 27.6 Å². The van der Waals surface area contributed by atoms with Gasteiger partial charge < -0.3 is 69.5 Å². The first-order valence-electron chi connectivity index (χ1n) is 39.6. The summed E-state index contributed by atoms with van der Waals surface area (Å²) in [6, 6.07) is 0.314. The van der Waals surface area contributed by atoms with Crippen LogP contribution >= 0.6 is 0 Å². The zero-order valence-electron chi connectivity index (χ0n) is 66.4. The van der Waals surface area contributed by atoms with E-state index in [4.69, 9.17) is 9.47 Å². The maximum absolute atomic E-state index is 16.0. The monoisotopic (exact) mass is 1540 g/mol. The fourth-order valence-corrected chi connectivity index (χ4v) is 17.6. The highest BCUT2D eigenvalue weighted by Crippen LogP contribution is 2.50. The molecule has 29 heteroatoms. The molecule has 0 unspecified atom stereocenters. The van der Waals surface area contributed by atoms with Crippen molar-refractivity contribution in [2.45, 2.75) is 242 Å². The highest BCUT2D eigenvalue weighted by atomic mass is 19.4. The highest BCUT2D eigenvalue weighted by Gasteiger charge is 2.59. The number of piperidine rings is 1. The van der Waals surface area contributed by atoms with Crippen molar-refractivity contribution < 1.29 is 80.2 Å². The molecular weight excluding hydrogens is 1420 g/mol. The van der Waals surface area contributed by atoms with E-state index in [1.807, 2.05) is 51.1 Å². The smallest absolute Gasteiger partial charge is 0.419 e. The molecule has 7 aliphatic heterocycles. The Balaban J connectivity index is 1.18. The third-order valence-corrected chi connectivity index (χ3v) is 24.0. The average Bonchev–Trinajstić information content (AvgIpc) is 0.934. The summed E-state index contributed by atoms with van der Waals surface area (Å²) in [4.78, 5) is 197. The molecular formula is C81H117F3N12O14. The van der Waals surface area contributed by atoms with Crippen molar-refractivity contribution >= 4 is 70.9 Å². The normalized spacial score (nSPS) is 27.8. The number of rotatable bonds is 10. The van der Waals surface area contributed by atoms with E-state index in [0.717, 1.165) is 42.9 Å². The third-order valence-electron chi connectivity index (χ3n) is 24.0. The molecule has 2 aliphatic carbocycles. The van der Waals surface area contributed by atoms with E-state index >= 15 is 43.2 Å². The summed E-state index contributed by atoms with van der Waals surface area (Å²) < 4.78 is 54.1. The number of likely N-dealkylation sites (tertiary alicyclic amines) is 1. The molecule has 4 fully saturated rings. The van der Waals surface area contributed by atoms with Gasteiger partial charge in [-0.2, -0.15) is 13.2 Å². The summed E-state index contributed by atoms with van der Waals surface area (Å²) in [7, 11) is 9.75. The number of benzene rings is 2. The molecule has 10 atom stereocenters. The molecule has 26 nitrogen and oxygen atoms in total. The molecule has 2 saturated heterocycles. The van der Waals surface area contributed by atoms with Gasteiger partial charge >= 0.3 is 6.18 Å². The van der Waals surface area contributed by atoms with Gasteiger partial charge in [-0.15, -0.1) is 0 Å². The first kappa shape index (κ1) is 85.4. The summed E-state index contributed by atoms with van der Waals surface area (Å²) >= 11 is 0. The van der Waals surface area contributed by atoms with Crippen LogP contribution in [0.15, 0.2) is 54.6 Å². The molecule has 2 saturated carbocycles. The molecule has 2 aromatic carbocycles. The number of carbonyl (C=O) groups excluding carboxylic acids is 12. The zero-order chi connectivity index (χ0) is 80.3. The Labute approximate surface area is 645 Å². The molecule has 11 rings (SSSR count). The molecule has 6 bridgehead atoms. The average molecular weight is 1540 g/mol. The summed E-state index contributed by atoms with van der Waals surface area (Å²) in [5.41, 5.74) is -1.39. The predicted molar refractivity (Wildman–Crippen MR) is 404 cm³/mol. The second kappa shape index (κ2) is 37.1. The number of aryl methyl sites for hydroxylation is 2. The van der Waals surface area contributed by atoms with Gasteiger partial charge in [0, 0.05) is 87.9 Å². The van der Waals surface area contributed by atoms with E-state index < -0.39 is 185 Å². The Hall–Kier alpha value is -8.63. The molecule has 9 aliphatic rings. The predicted octanol–water partition coefficient (Wildman–Crippen LogP) is 6.08. The Bertz CT molecular complexity index is 3700. The number of hydrogen-bond donors (Lipinski definition) is 3. The number of likely N-dealkylation sites (N-methyl/N-ethyl adjacent to an activating group) is 6. The highest BCUT2D eigenvalue weighted by molar-refractivity contribution is 6.01. The van der Waals surface area contributed by atoms with Crippen LogP contribution in [0.4, 0.5) is 13.2 Å². The van der Waals surface area contributed by atoms with Gasteiger partial charge in [0.1, 0.15) is 59.6 Å². The number of carbonyl (C=O) groups is 12. The lowest BCUT2D eigenvalue weighted by atomic mass is 9.58.